The van der Waals surface area contributed by atoms with Crippen LogP contribution in [0.4, 0.5) is 4.39 Å². The lowest BCUT2D eigenvalue weighted by Gasteiger charge is -2.09. The summed E-state index contributed by atoms with van der Waals surface area (Å²) in [5.74, 6) is 1.21. The fourth-order valence-electron chi connectivity index (χ4n) is 1.85. The summed E-state index contributed by atoms with van der Waals surface area (Å²) in [5, 5.41) is 3.60. The molecule has 24 heavy (non-hydrogen) atoms. The molecular weight excluding hydrogens is 372 g/mol. The third-order valence-electron chi connectivity index (χ3n) is 3.04. The number of halogens is 3. The molecule has 0 aromatic heterocycles. The zero-order valence-electron chi connectivity index (χ0n) is 12.7. The molecule has 0 spiro atoms. The van der Waals surface area contributed by atoms with Gasteiger partial charge in [-0.3, -0.25) is 4.79 Å². The molecule has 0 atom stereocenters. The third-order valence-corrected chi connectivity index (χ3v) is 4.58. The van der Waals surface area contributed by atoms with E-state index in [9.17, 15) is 9.18 Å². The Labute approximate surface area is 154 Å². The lowest BCUT2D eigenvalue weighted by molar-refractivity contribution is -0.122. The normalized spacial score (nSPS) is 10.5. The molecule has 0 aliphatic rings. The van der Waals surface area contributed by atoms with Crippen molar-refractivity contribution in [2.24, 2.45) is 0 Å². The van der Waals surface area contributed by atoms with Crippen molar-refractivity contribution >= 4 is 40.9 Å². The fraction of sp³-hybridized carbons (Fsp3) is 0.235. The number of hydrogen-bond acceptors (Lipinski definition) is 3. The highest BCUT2D eigenvalue weighted by atomic mass is 35.5. The number of nitrogens with one attached hydrogen (secondary N) is 1. The molecule has 2 rings (SSSR count). The van der Waals surface area contributed by atoms with Gasteiger partial charge in [-0.05, 0) is 29.8 Å². The van der Waals surface area contributed by atoms with E-state index in [-0.39, 0.29) is 18.3 Å². The van der Waals surface area contributed by atoms with Crippen LogP contribution in [-0.2, 0) is 10.5 Å². The van der Waals surface area contributed by atoms with Crippen LogP contribution < -0.4 is 10.1 Å². The van der Waals surface area contributed by atoms with Gasteiger partial charge in [0.25, 0.3) is 5.91 Å². The maximum absolute atomic E-state index is 13.4. The minimum atomic E-state index is -0.243. The van der Waals surface area contributed by atoms with Crippen LogP contribution in [0.1, 0.15) is 5.56 Å². The van der Waals surface area contributed by atoms with E-state index in [0.29, 0.717) is 39.4 Å². The van der Waals surface area contributed by atoms with E-state index in [1.807, 2.05) is 0 Å². The Bertz CT molecular complexity index is 700. The van der Waals surface area contributed by atoms with E-state index in [1.54, 1.807) is 48.2 Å². The van der Waals surface area contributed by atoms with Crippen molar-refractivity contribution in [3.8, 4) is 5.75 Å². The summed E-state index contributed by atoms with van der Waals surface area (Å²) in [5.41, 5.74) is 0.662. The van der Waals surface area contributed by atoms with Gasteiger partial charge in [-0.1, -0.05) is 41.4 Å². The molecular formula is C17H16Cl2FNO2S. The fourth-order valence-corrected chi connectivity index (χ4v) is 3.15. The maximum atomic E-state index is 13.4. The third kappa shape index (κ3) is 6.23. The van der Waals surface area contributed by atoms with Crippen molar-refractivity contribution in [1.82, 2.24) is 5.32 Å². The van der Waals surface area contributed by atoms with Crippen molar-refractivity contribution in [2.75, 3.05) is 18.9 Å². The second-order valence-electron chi connectivity index (χ2n) is 4.86. The first-order valence-corrected chi connectivity index (χ1v) is 9.13. The van der Waals surface area contributed by atoms with E-state index in [1.165, 1.54) is 6.07 Å². The summed E-state index contributed by atoms with van der Waals surface area (Å²) >= 11 is 13.3. The van der Waals surface area contributed by atoms with Crippen LogP contribution in [0.25, 0.3) is 0 Å². The number of amides is 1. The van der Waals surface area contributed by atoms with Crippen LogP contribution in [0.5, 0.6) is 5.75 Å². The van der Waals surface area contributed by atoms with Gasteiger partial charge in [0.1, 0.15) is 11.6 Å². The van der Waals surface area contributed by atoms with Gasteiger partial charge >= 0.3 is 0 Å². The molecule has 0 aliphatic heterocycles. The van der Waals surface area contributed by atoms with Crippen LogP contribution in [0.15, 0.2) is 42.5 Å². The molecule has 0 fully saturated rings. The molecule has 0 unspecified atom stereocenters. The lowest BCUT2D eigenvalue weighted by Crippen LogP contribution is -2.30. The van der Waals surface area contributed by atoms with E-state index in [4.69, 9.17) is 27.9 Å². The van der Waals surface area contributed by atoms with Gasteiger partial charge in [0.05, 0.1) is 5.02 Å². The number of hydrogen-bond donors (Lipinski definition) is 1. The van der Waals surface area contributed by atoms with Gasteiger partial charge in [0.2, 0.25) is 0 Å². The van der Waals surface area contributed by atoms with Crippen molar-refractivity contribution < 1.29 is 13.9 Å². The van der Waals surface area contributed by atoms with Crippen molar-refractivity contribution in [3.63, 3.8) is 0 Å². The molecule has 0 bridgehead atoms. The van der Waals surface area contributed by atoms with E-state index in [2.05, 4.69) is 5.32 Å². The predicted molar refractivity (Wildman–Crippen MR) is 97.5 cm³/mol. The van der Waals surface area contributed by atoms with Crippen LogP contribution in [0, 0.1) is 5.82 Å². The zero-order chi connectivity index (χ0) is 17.4. The van der Waals surface area contributed by atoms with Gasteiger partial charge in [-0.2, -0.15) is 11.8 Å². The molecule has 1 amide bonds. The summed E-state index contributed by atoms with van der Waals surface area (Å²) in [6.45, 7) is 0.356. The number of carbonyl (C=O) groups is 1. The maximum Gasteiger partial charge on any atom is 0.257 e. The van der Waals surface area contributed by atoms with E-state index < -0.39 is 0 Å². The topological polar surface area (TPSA) is 38.3 Å². The Morgan fingerprint density at radius 3 is 2.75 bits per heavy atom. The minimum Gasteiger partial charge on any atom is -0.482 e. The Morgan fingerprint density at radius 1 is 1.21 bits per heavy atom. The molecule has 7 heteroatoms. The molecule has 0 saturated carbocycles. The minimum absolute atomic E-state index is 0.126. The van der Waals surface area contributed by atoms with Gasteiger partial charge in [-0.25, -0.2) is 4.39 Å². The van der Waals surface area contributed by atoms with Gasteiger partial charge in [0, 0.05) is 23.1 Å². The second-order valence-corrected chi connectivity index (χ2v) is 6.81. The molecule has 128 valence electrons. The SMILES string of the molecule is O=C(COc1ccc(Cl)cc1Cl)NCCSCc1ccccc1F. The van der Waals surface area contributed by atoms with Crippen molar-refractivity contribution in [3.05, 3.63) is 63.9 Å². The molecule has 0 radical (unpaired) electrons. The van der Waals surface area contributed by atoms with Crippen LogP contribution in [0.3, 0.4) is 0 Å². The summed E-state index contributed by atoms with van der Waals surface area (Å²) in [6.07, 6.45) is 0. The Kier molecular flexibility index (Phi) is 7.69. The Morgan fingerprint density at radius 2 is 2.00 bits per heavy atom. The quantitative estimate of drug-likeness (QED) is 0.674. The highest BCUT2D eigenvalue weighted by Gasteiger charge is 2.06. The van der Waals surface area contributed by atoms with Gasteiger partial charge in [0.15, 0.2) is 6.61 Å². The zero-order valence-corrected chi connectivity index (χ0v) is 15.1. The lowest BCUT2D eigenvalue weighted by atomic mass is 10.2. The molecule has 0 saturated heterocycles. The number of thioether (sulfide) groups is 1. The number of benzene rings is 2. The molecule has 0 aliphatic carbocycles. The first-order chi connectivity index (χ1) is 11.6. The molecule has 1 N–H and O–H groups in total. The summed E-state index contributed by atoms with van der Waals surface area (Å²) in [7, 11) is 0. The van der Waals surface area contributed by atoms with Crippen LogP contribution in [-0.4, -0.2) is 24.8 Å². The molecule has 0 heterocycles. The number of carbonyl (C=O) groups excluding carboxylic acids is 1. The Balaban J connectivity index is 1.62. The number of ether oxygens (including phenoxy) is 1. The van der Waals surface area contributed by atoms with E-state index >= 15 is 0 Å². The molecule has 2 aromatic carbocycles. The van der Waals surface area contributed by atoms with Gasteiger partial charge in [-0.15, -0.1) is 0 Å². The monoisotopic (exact) mass is 387 g/mol. The predicted octanol–water partition coefficient (Wildman–Crippen LogP) is 4.56. The standard InChI is InChI=1S/C17H16Cl2FNO2S/c18-13-5-6-16(14(19)9-13)23-10-17(22)21-7-8-24-11-12-3-1-2-4-15(12)20/h1-6,9H,7-8,10-11H2,(H,21,22). The molecule has 3 nitrogen and oxygen atoms in total. The van der Waals surface area contributed by atoms with E-state index in [0.717, 1.165) is 0 Å². The first kappa shape index (κ1) is 18.9. The highest BCUT2D eigenvalue weighted by molar-refractivity contribution is 7.98. The summed E-state index contributed by atoms with van der Waals surface area (Å²) in [4.78, 5) is 11.7. The largest absolute Gasteiger partial charge is 0.482 e. The molecule has 2 aromatic rings. The number of rotatable bonds is 8. The average molecular weight is 388 g/mol. The van der Waals surface area contributed by atoms with Crippen LogP contribution in [0.2, 0.25) is 10.0 Å². The summed E-state index contributed by atoms with van der Waals surface area (Å²) < 4.78 is 18.8. The van der Waals surface area contributed by atoms with Crippen molar-refractivity contribution in [2.45, 2.75) is 5.75 Å². The van der Waals surface area contributed by atoms with Crippen LogP contribution >= 0.6 is 35.0 Å². The first-order valence-electron chi connectivity index (χ1n) is 7.22. The smallest absolute Gasteiger partial charge is 0.257 e. The average Bonchev–Trinajstić information content (AvgIpc) is 2.55. The summed E-state index contributed by atoms with van der Waals surface area (Å²) in [6, 6.07) is 11.5. The van der Waals surface area contributed by atoms with Gasteiger partial charge < -0.3 is 10.1 Å². The highest BCUT2D eigenvalue weighted by Crippen LogP contribution is 2.27. The Hall–Kier alpha value is -1.43. The second kappa shape index (κ2) is 9.77. The van der Waals surface area contributed by atoms with Crippen molar-refractivity contribution in [1.29, 1.82) is 0 Å².